The minimum absolute atomic E-state index is 0.908. The lowest BCUT2D eigenvalue weighted by Gasteiger charge is -2.16. The van der Waals surface area contributed by atoms with Crippen LogP contribution in [0.25, 0.3) is 97.0 Å². The van der Waals surface area contributed by atoms with Gasteiger partial charge in [-0.1, -0.05) is 133 Å². The van der Waals surface area contributed by atoms with Gasteiger partial charge in [-0.05, 0) is 68.1 Å². The molecular formula is C44H26OS. The first kappa shape index (κ1) is 25.6. The summed E-state index contributed by atoms with van der Waals surface area (Å²) in [6.45, 7) is 0. The Morgan fingerprint density at radius 3 is 1.98 bits per heavy atom. The summed E-state index contributed by atoms with van der Waals surface area (Å²) in [5.74, 6) is 0. The van der Waals surface area contributed by atoms with Crippen molar-refractivity contribution < 1.29 is 4.42 Å². The first-order valence-electron chi connectivity index (χ1n) is 15.7. The van der Waals surface area contributed by atoms with Gasteiger partial charge in [-0.3, -0.25) is 0 Å². The van der Waals surface area contributed by atoms with Gasteiger partial charge in [0.15, 0.2) is 0 Å². The first-order valence-corrected chi connectivity index (χ1v) is 16.5. The Labute approximate surface area is 269 Å². The fraction of sp³-hybridized carbons (Fsp3) is 0. The topological polar surface area (TPSA) is 13.1 Å². The van der Waals surface area contributed by atoms with Crippen LogP contribution in [0.15, 0.2) is 162 Å². The molecule has 0 aliphatic carbocycles. The predicted molar refractivity (Wildman–Crippen MR) is 198 cm³/mol. The summed E-state index contributed by atoms with van der Waals surface area (Å²) in [7, 11) is 0. The van der Waals surface area contributed by atoms with Crippen molar-refractivity contribution in [3.05, 3.63) is 158 Å². The molecule has 0 atom stereocenters. The van der Waals surface area contributed by atoms with Gasteiger partial charge < -0.3 is 4.42 Å². The molecule has 46 heavy (non-hydrogen) atoms. The molecule has 8 aromatic carbocycles. The Kier molecular flexibility index (Phi) is 5.51. The minimum atomic E-state index is 0.908. The smallest absolute Gasteiger partial charge is 0.144 e. The number of fused-ring (bicyclic) bond motifs is 8. The lowest BCUT2D eigenvalue weighted by molar-refractivity contribution is 0.670. The van der Waals surface area contributed by atoms with E-state index in [0.29, 0.717) is 0 Å². The van der Waals surface area contributed by atoms with Gasteiger partial charge in [0.25, 0.3) is 0 Å². The molecule has 1 nitrogen and oxygen atoms in total. The van der Waals surface area contributed by atoms with Gasteiger partial charge in [0.1, 0.15) is 11.2 Å². The largest absolute Gasteiger partial charge is 0.455 e. The van der Waals surface area contributed by atoms with E-state index in [1.165, 1.54) is 74.9 Å². The Morgan fingerprint density at radius 1 is 0.391 bits per heavy atom. The molecule has 10 rings (SSSR count). The summed E-state index contributed by atoms with van der Waals surface area (Å²) in [5, 5.41) is 9.78. The summed E-state index contributed by atoms with van der Waals surface area (Å²) in [6.07, 6.45) is 0. The normalized spacial score (nSPS) is 11.9. The van der Waals surface area contributed by atoms with Gasteiger partial charge >= 0.3 is 0 Å². The van der Waals surface area contributed by atoms with E-state index in [4.69, 9.17) is 4.42 Å². The Bertz CT molecular complexity index is 2800. The maximum Gasteiger partial charge on any atom is 0.144 e. The fourth-order valence-corrected chi connectivity index (χ4v) is 8.57. The summed E-state index contributed by atoms with van der Waals surface area (Å²) in [5.41, 5.74) is 9.12. The third kappa shape index (κ3) is 3.74. The second-order valence-electron chi connectivity index (χ2n) is 12.0. The average Bonchev–Trinajstić information content (AvgIpc) is 3.69. The quantitative estimate of drug-likeness (QED) is 0.196. The highest BCUT2D eigenvalue weighted by atomic mass is 32.1. The average molecular weight is 603 g/mol. The zero-order valence-electron chi connectivity index (χ0n) is 24.8. The minimum Gasteiger partial charge on any atom is -0.455 e. The second kappa shape index (κ2) is 9.90. The monoisotopic (exact) mass is 602 g/mol. The van der Waals surface area contributed by atoms with Crippen molar-refractivity contribution >= 4 is 75.0 Å². The Hall–Kier alpha value is -5.70. The van der Waals surface area contributed by atoms with Crippen molar-refractivity contribution in [2.75, 3.05) is 0 Å². The molecule has 0 N–H and O–H groups in total. The van der Waals surface area contributed by atoms with Crippen LogP contribution < -0.4 is 0 Å². The van der Waals surface area contributed by atoms with E-state index < -0.39 is 0 Å². The highest BCUT2D eigenvalue weighted by Crippen LogP contribution is 2.50. The van der Waals surface area contributed by atoms with Crippen LogP contribution >= 0.6 is 11.3 Å². The third-order valence-corrected chi connectivity index (χ3v) is 10.6. The molecular weight excluding hydrogens is 577 g/mol. The molecule has 10 aromatic rings. The van der Waals surface area contributed by atoms with Crippen molar-refractivity contribution in [3.63, 3.8) is 0 Å². The number of hydrogen-bond acceptors (Lipinski definition) is 2. The molecule has 0 bridgehead atoms. The Balaban J connectivity index is 1.33. The van der Waals surface area contributed by atoms with Crippen LogP contribution in [0, 0.1) is 0 Å². The highest BCUT2D eigenvalue weighted by molar-refractivity contribution is 7.26. The van der Waals surface area contributed by atoms with Crippen LogP contribution in [0.1, 0.15) is 0 Å². The summed E-state index contributed by atoms with van der Waals surface area (Å²) in [4.78, 5) is 0. The second-order valence-corrected chi connectivity index (χ2v) is 13.1. The molecule has 0 unspecified atom stereocenters. The van der Waals surface area contributed by atoms with Crippen LogP contribution in [0.3, 0.4) is 0 Å². The molecule has 0 aliphatic heterocycles. The zero-order valence-corrected chi connectivity index (χ0v) is 25.6. The summed E-state index contributed by atoms with van der Waals surface area (Å²) >= 11 is 1.87. The van der Waals surface area contributed by atoms with Crippen molar-refractivity contribution in [1.82, 2.24) is 0 Å². The van der Waals surface area contributed by atoms with Crippen LogP contribution in [-0.4, -0.2) is 0 Å². The van der Waals surface area contributed by atoms with Crippen LogP contribution in [-0.2, 0) is 0 Å². The van der Waals surface area contributed by atoms with Crippen molar-refractivity contribution in [1.29, 1.82) is 0 Å². The van der Waals surface area contributed by atoms with Crippen LogP contribution in [0.4, 0.5) is 0 Å². The van der Waals surface area contributed by atoms with Gasteiger partial charge in [0, 0.05) is 42.1 Å². The van der Waals surface area contributed by atoms with Crippen molar-refractivity contribution in [2.45, 2.75) is 0 Å². The van der Waals surface area contributed by atoms with Gasteiger partial charge in [-0.2, -0.15) is 0 Å². The zero-order chi connectivity index (χ0) is 30.2. The lowest BCUT2D eigenvalue weighted by atomic mass is 9.86. The van der Waals surface area contributed by atoms with E-state index in [1.54, 1.807) is 0 Å². The Morgan fingerprint density at radius 2 is 1.11 bits per heavy atom. The molecule has 0 fully saturated rings. The van der Waals surface area contributed by atoms with E-state index in [0.717, 1.165) is 22.1 Å². The molecule has 2 aromatic heterocycles. The van der Waals surface area contributed by atoms with Crippen LogP contribution in [0.5, 0.6) is 0 Å². The SMILES string of the molecule is c1ccc(-c2ccc3c(c2)sc2cccc(-c4c5ccccc5c(-c5ccc6ccccc6c5)c5c4oc4ccccc45)c23)cc1. The van der Waals surface area contributed by atoms with Crippen molar-refractivity contribution in [3.8, 4) is 33.4 Å². The maximum atomic E-state index is 6.91. The number of hydrogen-bond donors (Lipinski definition) is 0. The van der Waals surface area contributed by atoms with Crippen LogP contribution in [0.2, 0.25) is 0 Å². The third-order valence-electron chi connectivity index (χ3n) is 9.45. The number of thiophene rings is 1. The van der Waals surface area contributed by atoms with E-state index in [9.17, 15) is 0 Å². The van der Waals surface area contributed by atoms with E-state index in [1.807, 2.05) is 11.3 Å². The number of benzene rings is 8. The molecule has 0 aliphatic rings. The fourth-order valence-electron chi connectivity index (χ4n) is 7.40. The lowest BCUT2D eigenvalue weighted by Crippen LogP contribution is -1.90. The molecule has 2 heterocycles. The molecule has 2 heteroatoms. The standard InChI is InChI=1S/C44H26OS/c1-2-11-27(12-3-1)30-23-24-35-39(26-30)46-38-20-10-18-36(41(35)38)42-33-16-7-6-15-32(33)40(31-22-21-28-13-4-5-14-29(28)25-31)43-34-17-8-9-19-37(34)45-44(42)43/h1-26H. The number of furan rings is 1. The first-order chi connectivity index (χ1) is 22.8. The highest BCUT2D eigenvalue weighted by Gasteiger charge is 2.24. The molecule has 0 amide bonds. The molecule has 0 saturated carbocycles. The maximum absolute atomic E-state index is 6.91. The molecule has 0 saturated heterocycles. The van der Waals surface area contributed by atoms with Gasteiger partial charge in [-0.15, -0.1) is 11.3 Å². The number of para-hydroxylation sites is 1. The van der Waals surface area contributed by atoms with Gasteiger partial charge in [-0.25, -0.2) is 0 Å². The predicted octanol–water partition coefficient (Wildman–Crippen LogP) is 13.3. The van der Waals surface area contributed by atoms with Gasteiger partial charge in [0.2, 0.25) is 0 Å². The summed E-state index contributed by atoms with van der Waals surface area (Å²) < 4.78 is 9.49. The van der Waals surface area contributed by atoms with Gasteiger partial charge in [0.05, 0.1) is 0 Å². The van der Waals surface area contributed by atoms with E-state index in [2.05, 4.69) is 158 Å². The van der Waals surface area contributed by atoms with E-state index >= 15 is 0 Å². The van der Waals surface area contributed by atoms with E-state index in [-0.39, 0.29) is 0 Å². The summed E-state index contributed by atoms with van der Waals surface area (Å²) in [6, 6.07) is 57.1. The molecule has 0 radical (unpaired) electrons. The molecule has 0 spiro atoms. The molecule has 214 valence electrons. The van der Waals surface area contributed by atoms with Crippen molar-refractivity contribution in [2.24, 2.45) is 0 Å². The number of rotatable bonds is 3.